The molecule has 0 saturated carbocycles. The average Bonchev–Trinajstić information content (AvgIpc) is 2.14. The minimum Gasteiger partial charge on any atom is -0.387 e. The quantitative estimate of drug-likeness (QED) is 0.288. The molecule has 0 heterocycles. The van der Waals surface area contributed by atoms with Gasteiger partial charge in [-0.3, -0.25) is 24.0 Å². The van der Waals surface area contributed by atoms with Crippen molar-refractivity contribution in [2.75, 3.05) is 0 Å². The molecule has 0 amide bonds. The summed E-state index contributed by atoms with van der Waals surface area (Å²) < 4.78 is 3.98. The Balaban J connectivity index is 0. The molecule has 0 atom stereocenters. The topological polar surface area (TPSA) is 112 Å². The molecule has 0 bridgehead atoms. The monoisotopic (exact) mass is 314 g/mol. The van der Waals surface area contributed by atoms with Crippen LogP contribution in [0, 0.1) is 5.41 Å². The second kappa shape index (κ2) is 7.04. The molecule has 0 spiro atoms. The van der Waals surface area contributed by atoms with Crippen LogP contribution in [0.25, 0.3) is 0 Å². The van der Waals surface area contributed by atoms with Gasteiger partial charge in [0.05, 0.1) is 0 Å². The zero-order valence-electron chi connectivity index (χ0n) is 10.7. The molecule has 0 N–H and O–H groups in total. The van der Waals surface area contributed by atoms with Crippen molar-refractivity contribution in [1.82, 2.24) is 0 Å². The van der Waals surface area contributed by atoms with Gasteiger partial charge in [0.15, 0.2) is 17.3 Å². The number of ether oxygens (including phenoxy) is 1. The first-order valence-electron chi connectivity index (χ1n) is 4.88. The first-order valence-corrected chi connectivity index (χ1v) is 4.88. The van der Waals surface area contributed by atoms with Gasteiger partial charge in [0, 0.05) is 23.4 Å². The number of hydrogen-bond acceptors (Lipinski definition) is 7. The van der Waals surface area contributed by atoms with Crippen LogP contribution in [0.4, 0.5) is 0 Å². The van der Waals surface area contributed by atoms with Gasteiger partial charge in [0.2, 0.25) is 5.41 Å². The van der Waals surface area contributed by atoms with Crippen LogP contribution in [0.5, 0.6) is 0 Å². The van der Waals surface area contributed by atoms with Gasteiger partial charge in [0.25, 0.3) is 5.78 Å². The van der Waals surface area contributed by atoms with Crippen LogP contribution in [0.15, 0.2) is 0 Å². The normalized spacial score (nSPS) is 9.89. The zero-order valence-corrected chi connectivity index (χ0v) is 11.7. The summed E-state index contributed by atoms with van der Waals surface area (Å²) in [7, 11) is 0. The molecule has 0 aromatic rings. The van der Waals surface area contributed by atoms with Crippen molar-refractivity contribution in [1.29, 1.82) is 0 Å². The number of ketones is 4. The van der Waals surface area contributed by atoms with Crippen LogP contribution >= 0.6 is 0 Å². The van der Waals surface area contributed by atoms with E-state index < -0.39 is 40.5 Å². The van der Waals surface area contributed by atoms with Crippen LogP contribution in [0.3, 0.4) is 0 Å². The van der Waals surface area contributed by atoms with E-state index in [0.29, 0.717) is 0 Å². The van der Waals surface area contributed by atoms with Crippen molar-refractivity contribution >= 4 is 35.1 Å². The predicted molar refractivity (Wildman–Crippen MR) is 56.3 cm³/mol. The van der Waals surface area contributed by atoms with Crippen molar-refractivity contribution in [3.05, 3.63) is 0 Å². The molecule has 0 unspecified atom stereocenters. The molecule has 0 rings (SSSR count). The summed E-state index contributed by atoms with van der Waals surface area (Å²) in [5.74, 6) is -7.71. The second-order valence-corrected chi connectivity index (χ2v) is 3.63. The minimum atomic E-state index is -2.72. The van der Waals surface area contributed by atoms with Crippen LogP contribution in [0.2, 0.25) is 0 Å². The number of carbonyl (C=O) groups excluding carboxylic acids is 6. The second-order valence-electron chi connectivity index (χ2n) is 3.63. The molecule has 108 valence electrons. The largest absolute Gasteiger partial charge is 0.387 e. The van der Waals surface area contributed by atoms with Gasteiger partial charge >= 0.3 is 11.9 Å². The molecule has 7 nitrogen and oxygen atoms in total. The van der Waals surface area contributed by atoms with Crippen molar-refractivity contribution in [2.24, 2.45) is 5.41 Å². The van der Waals surface area contributed by atoms with Crippen molar-refractivity contribution in [2.45, 2.75) is 27.7 Å². The number of esters is 2. The van der Waals surface area contributed by atoms with Gasteiger partial charge < -0.3 is 4.74 Å². The molecule has 8 heteroatoms. The van der Waals surface area contributed by atoms with E-state index in [1.165, 1.54) is 0 Å². The molecule has 0 aliphatic carbocycles. The SMILES string of the molecule is CC(=O)OC(=O)C(=O)C(C(C)=O)(C(C)=O)C(C)=O.[Ni]. The van der Waals surface area contributed by atoms with Gasteiger partial charge in [-0.2, -0.15) is 0 Å². The molecule has 0 aliphatic rings. The summed E-state index contributed by atoms with van der Waals surface area (Å²) in [6.07, 6.45) is 0. The molecule has 0 radical (unpaired) electrons. The Hall–Kier alpha value is -1.69. The molecule has 0 saturated heterocycles. The fraction of sp³-hybridized carbons (Fsp3) is 0.455. The molecule has 0 fully saturated rings. The average molecular weight is 315 g/mol. The summed E-state index contributed by atoms with van der Waals surface area (Å²) >= 11 is 0. The summed E-state index contributed by atoms with van der Waals surface area (Å²) in [5.41, 5.74) is -2.72. The number of Topliss-reactive ketones (excluding diaryl/α,β-unsaturated/α-hetero) is 4. The van der Waals surface area contributed by atoms with E-state index in [1.807, 2.05) is 0 Å². The summed E-state index contributed by atoms with van der Waals surface area (Å²) in [5, 5.41) is 0. The van der Waals surface area contributed by atoms with E-state index in [2.05, 4.69) is 4.74 Å². The first kappa shape index (κ1) is 19.6. The maximum absolute atomic E-state index is 11.7. The minimum absolute atomic E-state index is 0. The fourth-order valence-corrected chi connectivity index (χ4v) is 1.55. The Morgan fingerprint density at radius 2 is 1.05 bits per heavy atom. The van der Waals surface area contributed by atoms with Crippen LogP contribution < -0.4 is 0 Å². The zero-order chi connectivity index (χ0) is 14.7. The fourth-order valence-electron chi connectivity index (χ4n) is 1.55. The molecular formula is C11H12NiO7. The van der Waals surface area contributed by atoms with Crippen molar-refractivity contribution in [3.63, 3.8) is 0 Å². The van der Waals surface area contributed by atoms with Crippen LogP contribution in [-0.4, -0.2) is 35.1 Å². The van der Waals surface area contributed by atoms with Crippen LogP contribution in [0.1, 0.15) is 27.7 Å². The predicted octanol–water partition coefficient (Wildman–Crippen LogP) is -0.604. The molecule has 0 aromatic carbocycles. The maximum Gasteiger partial charge on any atom is 0.384 e. The number of carbonyl (C=O) groups is 6. The summed E-state index contributed by atoms with van der Waals surface area (Å²) in [6, 6.07) is 0. The van der Waals surface area contributed by atoms with E-state index >= 15 is 0 Å². The third kappa shape index (κ3) is 3.64. The van der Waals surface area contributed by atoms with E-state index in [4.69, 9.17) is 0 Å². The molecule has 0 aromatic heterocycles. The van der Waals surface area contributed by atoms with Gasteiger partial charge in [-0.05, 0) is 20.8 Å². The van der Waals surface area contributed by atoms with Crippen LogP contribution in [-0.2, 0) is 50.0 Å². The number of rotatable bonds is 5. The van der Waals surface area contributed by atoms with Gasteiger partial charge in [0.1, 0.15) is 0 Å². The smallest absolute Gasteiger partial charge is 0.384 e. The van der Waals surface area contributed by atoms with E-state index in [9.17, 15) is 28.8 Å². The summed E-state index contributed by atoms with van der Waals surface area (Å²) in [6.45, 7) is 3.37. The van der Waals surface area contributed by atoms with Gasteiger partial charge in [-0.25, -0.2) is 4.79 Å². The van der Waals surface area contributed by atoms with E-state index in [1.54, 1.807) is 0 Å². The standard InChI is InChI=1S/C11H12O7.Ni/c1-5(12)11(6(2)13,7(3)14)9(16)10(17)18-8(4)15;/h1-4H3;. The van der Waals surface area contributed by atoms with Gasteiger partial charge in [-0.1, -0.05) is 0 Å². The Labute approximate surface area is 119 Å². The van der Waals surface area contributed by atoms with Gasteiger partial charge in [-0.15, -0.1) is 0 Å². The maximum atomic E-state index is 11.7. The Morgan fingerprint density at radius 1 is 0.737 bits per heavy atom. The number of hydrogen-bond donors (Lipinski definition) is 0. The molecular weight excluding hydrogens is 303 g/mol. The van der Waals surface area contributed by atoms with E-state index in [-0.39, 0.29) is 16.5 Å². The molecule has 0 aliphatic heterocycles. The first-order chi connectivity index (χ1) is 8.08. The van der Waals surface area contributed by atoms with Crippen molar-refractivity contribution in [3.8, 4) is 0 Å². The Bertz CT molecular complexity index is 428. The third-order valence-electron chi connectivity index (χ3n) is 2.35. The molecule has 19 heavy (non-hydrogen) atoms. The van der Waals surface area contributed by atoms with E-state index in [0.717, 1.165) is 27.7 Å². The third-order valence-corrected chi connectivity index (χ3v) is 2.35. The Kier molecular flexibility index (Phi) is 7.28. The Morgan fingerprint density at radius 3 is 1.26 bits per heavy atom. The summed E-state index contributed by atoms with van der Waals surface area (Å²) in [4.78, 5) is 67.8. The van der Waals surface area contributed by atoms with Crippen molar-refractivity contribution < 1.29 is 50.0 Å².